The zero-order valence-electron chi connectivity index (χ0n) is 13.8. The van der Waals surface area contributed by atoms with E-state index in [0.29, 0.717) is 6.04 Å². The summed E-state index contributed by atoms with van der Waals surface area (Å²) < 4.78 is 5.76. The summed E-state index contributed by atoms with van der Waals surface area (Å²) in [5.74, 6) is 1.03. The standard InChI is InChI=1S/C18H31NO/c1-6-16(19)10-8-9-14-13-15(18(3,4)5)11-12-17(14)20-7-2/h11-13,16H,6-10,19H2,1-5H3. The lowest BCUT2D eigenvalue weighted by Crippen LogP contribution is -2.18. The van der Waals surface area contributed by atoms with Crippen LogP contribution in [-0.4, -0.2) is 12.6 Å². The Bertz CT molecular complexity index is 406. The van der Waals surface area contributed by atoms with Crippen molar-refractivity contribution in [2.45, 2.75) is 71.8 Å². The van der Waals surface area contributed by atoms with Crippen molar-refractivity contribution in [3.8, 4) is 5.75 Å². The van der Waals surface area contributed by atoms with Crippen LogP contribution >= 0.6 is 0 Å². The van der Waals surface area contributed by atoms with Gasteiger partial charge in [0.2, 0.25) is 0 Å². The molecule has 0 fully saturated rings. The minimum absolute atomic E-state index is 0.180. The van der Waals surface area contributed by atoms with E-state index in [1.54, 1.807) is 0 Å². The average Bonchev–Trinajstić information content (AvgIpc) is 2.39. The van der Waals surface area contributed by atoms with E-state index in [-0.39, 0.29) is 5.41 Å². The lowest BCUT2D eigenvalue weighted by Gasteiger charge is -2.21. The monoisotopic (exact) mass is 277 g/mol. The summed E-state index contributed by atoms with van der Waals surface area (Å²) in [6, 6.07) is 6.95. The first-order valence-corrected chi connectivity index (χ1v) is 7.90. The third-order valence-corrected chi connectivity index (χ3v) is 3.77. The van der Waals surface area contributed by atoms with Crippen molar-refractivity contribution in [1.29, 1.82) is 0 Å². The number of rotatable bonds is 7. The van der Waals surface area contributed by atoms with Gasteiger partial charge in [0.05, 0.1) is 6.61 Å². The van der Waals surface area contributed by atoms with Crippen molar-refractivity contribution in [3.63, 3.8) is 0 Å². The number of nitrogens with two attached hydrogens (primary N) is 1. The Morgan fingerprint density at radius 1 is 1.20 bits per heavy atom. The maximum Gasteiger partial charge on any atom is 0.122 e. The molecule has 2 nitrogen and oxygen atoms in total. The number of hydrogen-bond donors (Lipinski definition) is 1. The number of benzene rings is 1. The highest BCUT2D eigenvalue weighted by atomic mass is 16.5. The maximum absolute atomic E-state index is 6.00. The van der Waals surface area contributed by atoms with E-state index in [2.05, 4.69) is 45.9 Å². The Kier molecular flexibility index (Phi) is 6.54. The Morgan fingerprint density at radius 3 is 2.45 bits per heavy atom. The van der Waals surface area contributed by atoms with Gasteiger partial charge in [-0.05, 0) is 55.2 Å². The molecule has 0 aliphatic carbocycles. The van der Waals surface area contributed by atoms with E-state index < -0.39 is 0 Å². The van der Waals surface area contributed by atoms with E-state index >= 15 is 0 Å². The SMILES string of the molecule is CCOc1ccc(C(C)(C)C)cc1CCCC(N)CC. The summed E-state index contributed by atoms with van der Waals surface area (Å²) in [6.07, 6.45) is 4.32. The van der Waals surface area contributed by atoms with Crippen molar-refractivity contribution in [2.24, 2.45) is 5.73 Å². The molecule has 0 radical (unpaired) electrons. The van der Waals surface area contributed by atoms with Crippen LogP contribution in [0.25, 0.3) is 0 Å². The molecule has 0 spiro atoms. The lowest BCUT2D eigenvalue weighted by molar-refractivity contribution is 0.335. The van der Waals surface area contributed by atoms with Gasteiger partial charge >= 0.3 is 0 Å². The molecular formula is C18H31NO. The smallest absolute Gasteiger partial charge is 0.122 e. The molecule has 1 unspecified atom stereocenters. The van der Waals surface area contributed by atoms with Gasteiger partial charge in [0.1, 0.15) is 5.75 Å². The molecule has 1 aromatic carbocycles. The fraction of sp³-hybridized carbons (Fsp3) is 0.667. The van der Waals surface area contributed by atoms with Gasteiger partial charge in [-0.1, -0.05) is 39.8 Å². The van der Waals surface area contributed by atoms with Gasteiger partial charge in [0, 0.05) is 6.04 Å². The van der Waals surface area contributed by atoms with E-state index in [1.807, 2.05) is 6.92 Å². The molecule has 0 aliphatic heterocycles. The average molecular weight is 277 g/mol. The van der Waals surface area contributed by atoms with E-state index in [0.717, 1.165) is 38.0 Å². The highest BCUT2D eigenvalue weighted by molar-refractivity contribution is 5.39. The summed E-state index contributed by atoms with van der Waals surface area (Å²) in [5.41, 5.74) is 8.87. The molecule has 0 saturated carbocycles. The highest BCUT2D eigenvalue weighted by Crippen LogP contribution is 2.29. The van der Waals surface area contributed by atoms with Crippen LogP contribution in [0.1, 0.15) is 65.0 Å². The Labute approximate surface area is 124 Å². The molecule has 20 heavy (non-hydrogen) atoms. The second-order valence-corrected chi connectivity index (χ2v) is 6.57. The molecule has 0 aromatic heterocycles. The fourth-order valence-electron chi connectivity index (χ4n) is 2.30. The normalized spacial score (nSPS) is 13.3. The number of aryl methyl sites for hydroxylation is 1. The van der Waals surface area contributed by atoms with Crippen LogP contribution in [0, 0.1) is 0 Å². The number of hydrogen-bond acceptors (Lipinski definition) is 2. The van der Waals surface area contributed by atoms with Crippen molar-refractivity contribution >= 4 is 0 Å². The molecule has 2 N–H and O–H groups in total. The topological polar surface area (TPSA) is 35.2 Å². The zero-order chi connectivity index (χ0) is 15.2. The summed E-state index contributed by atoms with van der Waals surface area (Å²) in [7, 11) is 0. The van der Waals surface area contributed by atoms with Crippen LogP contribution in [0.15, 0.2) is 18.2 Å². The molecule has 0 saturated heterocycles. The van der Waals surface area contributed by atoms with Crippen LogP contribution in [0.5, 0.6) is 5.75 Å². The molecule has 0 heterocycles. The molecule has 0 bridgehead atoms. The quantitative estimate of drug-likeness (QED) is 0.799. The highest BCUT2D eigenvalue weighted by Gasteiger charge is 2.16. The lowest BCUT2D eigenvalue weighted by atomic mass is 9.85. The van der Waals surface area contributed by atoms with Crippen molar-refractivity contribution < 1.29 is 4.74 Å². The molecule has 1 aromatic rings. The third-order valence-electron chi connectivity index (χ3n) is 3.77. The van der Waals surface area contributed by atoms with Gasteiger partial charge in [-0.3, -0.25) is 0 Å². The summed E-state index contributed by atoms with van der Waals surface area (Å²) in [6.45, 7) is 11.7. The second-order valence-electron chi connectivity index (χ2n) is 6.57. The van der Waals surface area contributed by atoms with Crippen LogP contribution in [0.3, 0.4) is 0 Å². The van der Waals surface area contributed by atoms with Gasteiger partial charge in [-0.25, -0.2) is 0 Å². The Morgan fingerprint density at radius 2 is 1.90 bits per heavy atom. The first kappa shape index (κ1) is 17.0. The van der Waals surface area contributed by atoms with Crippen LogP contribution < -0.4 is 10.5 Å². The van der Waals surface area contributed by atoms with Crippen LogP contribution in [0.2, 0.25) is 0 Å². The summed E-state index contributed by atoms with van der Waals surface area (Å²) >= 11 is 0. The summed E-state index contributed by atoms with van der Waals surface area (Å²) in [5, 5.41) is 0. The van der Waals surface area contributed by atoms with Crippen molar-refractivity contribution in [1.82, 2.24) is 0 Å². The van der Waals surface area contributed by atoms with E-state index in [1.165, 1.54) is 11.1 Å². The van der Waals surface area contributed by atoms with Gasteiger partial charge < -0.3 is 10.5 Å². The molecule has 2 heteroatoms. The van der Waals surface area contributed by atoms with Gasteiger partial charge in [-0.2, -0.15) is 0 Å². The Hall–Kier alpha value is -1.02. The van der Waals surface area contributed by atoms with Crippen molar-refractivity contribution in [3.05, 3.63) is 29.3 Å². The first-order valence-electron chi connectivity index (χ1n) is 7.90. The van der Waals surface area contributed by atoms with Crippen LogP contribution in [-0.2, 0) is 11.8 Å². The maximum atomic E-state index is 6.00. The minimum atomic E-state index is 0.180. The predicted molar refractivity (Wildman–Crippen MR) is 87.5 cm³/mol. The third kappa shape index (κ3) is 5.16. The second kappa shape index (κ2) is 7.68. The number of ether oxygens (including phenoxy) is 1. The van der Waals surface area contributed by atoms with E-state index in [9.17, 15) is 0 Å². The zero-order valence-corrected chi connectivity index (χ0v) is 13.8. The largest absolute Gasteiger partial charge is 0.494 e. The molecule has 1 rings (SSSR count). The Balaban J connectivity index is 2.83. The van der Waals surface area contributed by atoms with E-state index in [4.69, 9.17) is 10.5 Å². The molecular weight excluding hydrogens is 246 g/mol. The van der Waals surface area contributed by atoms with Crippen LogP contribution in [0.4, 0.5) is 0 Å². The molecule has 114 valence electrons. The summed E-state index contributed by atoms with van der Waals surface area (Å²) in [4.78, 5) is 0. The molecule has 1 atom stereocenters. The first-order chi connectivity index (χ1) is 9.38. The minimum Gasteiger partial charge on any atom is -0.494 e. The van der Waals surface area contributed by atoms with Crippen molar-refractivity contribution in [2.75, 3.05) is 6.61 Å². The molecule has 0 amide bonds. The van der Waals surface area contributed by atoms with Gasteiger partial charge in [0.25, 0.3) is 0 Å². The molecule has 0 aliphatic rings. The fourth-order valence-corrected chi connectivity index (χ4v) is 2.30. The predicted octanol–water partition coefficient (Wildman–Crippen LogP) is 4.44. The van der Waals surface area contributed by atoms with Gasteiger partial charge in [-0.15, -0.1) is 0 Å². The van der Waals surface area contributed by atoms with Gasteiger partial charge in [0.15, 0.2) is 0 Å².